The third kappa shape index (κ3) is 1.53. The Morgan fingerprint density at radius 1 is 1.69 bits per heavy atom. The van der Waals surface area contributed by atoms with E-state index in [1.54, 1.807) is 0 Å². The molecule has 1 aliphatic heterocycles. The van der Waals surface area contributed by atoms with Crippen LogP contribution < -0.4 is 5.32 Å². The average Bonchev–Trinajstić information content (AvgIpc) is 2.48. The summed E-state index contributed by atoms with van der Waals surface area (Å²) in [4.78, 5) is 22.9. The molecule has 13 heavy (non-hydrogen) atoms. The predicted octanol–water partition coefficient (Wildman–Crippen LogP) is 0.466. The number of hydrogen-bond donors (Lipinski definition) is 1. The lowest BCUT2D eigenvalue weighted by Crippen LogP contribution is -2.39. The Hall–Kier alpha value is -1.06. The number of nitrogens with one attached hydrogen (secondary N) is 1. The molecule has 1 fully saturated rings. The lowest BCUT2D eigenvalue weighted by molar-refractivity contribution is -0.157. The molecule has 1 N–H and O–H groups in total. The molecular formula is C9H15NO3. The molecule has 1 saturated heterocycles. The fourth-order valence-corrected chi connectivity index (χ4v) is 1.83. The summed E-state index contributed by atoms with van der Waals surface area (Å²) >= 11 is 0. The molecule has 74 valence electrons. The highest BCUT2D eigenvalue weighted by Crippen LogP contribution is 2.33. The second kappa shape index (κ2) is 3.77. The first-order valence-electron chi connectivity index (χ1n) is 4.54. The van der Waals surface area contributed by atoms with E-state index in [9.17, 15) is 9.59 Å². The van der Waals surface area contributed by atoms with Crippen LogP contribution in [0.1, 0.15) is 26.2 Å². The standard InChI is InChI=1S/C9H15NO3/c1-3-4-9(8(12)13-2)5-6-10-7(9)11/h3-6H2,1-2H3,(H,10,11)/t9-/m0/s1. The second-order valence-electron chi connectivity index (χ2n) is 3.33. The fraction of sp³-hybridized carbons (Fsp3) is 0.778. The lowest BCUT2D eigenvalue weighted by atomic mass is 9.82. The molecule has 0 bridgehead atoms. The van der Waals surface area contributed by atoms with E-state index in [1.807, 2.05) is 6.92 Å². The third-order valence-corrected chi connectivity index (χ3v) is 2.52. The molecule has 0 aromatic rings. The monoisotopic (exact) mass is 185 g/mol. The van der Waals surface area contributed by atoms with Gasteiger partial charge in [0.2, 0.25) is 5.91 Å². The van der Waals surface area contributed by atoms with Crippen molar-refractivity contribution in [2.75, 3.05) is 13.7 Å². The van der Waals surface area contributed by atoms with Gasteiger partial charge in [-0.3, -0.25) is 9.59 Å². The van der Waals surface area contributed by atoms with E-state index >= 15 is 0 Å². The zero-order valence-corrected chi connectivity index (χ0v) is 8.05. The molecule has 0 saturated carbocycles. The van der Waals surface area contributed by atoms with Crippen LogP contribution in [0.2, 0.25) is 0 Å². The van der Waals surface area contributed by atoms with Crippen LogP contribution in [0.4, 0.5) is 0 Å². The lowest BCUT2D eigenvalue weighted by Gasteiger charge is -2.21. The van der Waals surface area contributed by atoms with Crippen LogP contribution in [-0.4, -0.2) is 25.5 Å². The summed E-state index contributed by atoms with van der Waals surface area (Å²) in [6.07, 6.45) is 1.94. The van der Waals surface area contributed by atoms with Gasteiger partial charge in [0.15, 0.2) is 0 Å². The maximum atomic E-state index is 11.5. The smallest absolute Gasteiger partial charge is 0.321 e. The van der Waals surface area contributed by atoms with E-state index in [2.05, 4.69) is 10.1 Å². The van der Waals surface area contributed by atoms with Crippen molar-refractivity contribution in [3.63, 3.8) is 0 Å². The van der Waals surface area contributed by atoms with Crippen LogP contribution in [-0.2, 0) is 14.3 Å². The molecule has 0 aliphatic carbocycles. The Bertz CT molecular complexity index is 227. The maximum absolute atomic E-state index is 11.5. The maximum Gasteiger partial charge on any atom is 0.321 e. The van der Waals surface area contributed by atoms with Crippen molar-refractivity contribution in [1.29, 1.82) is 0 Å². The highest BCUT2D eigenvalue weighted by atomic mass is 16.5. The van der Waals surface area contributed by atoms with Crippen LogP contribution in [0.25, 0.3) is 0 Å². The van der Waals surface area contributed by atoms with Crippen LogP contribution in [0.15, 0.2) is 0 Å². The van der Waals surface area contributed by atoms with Gasteiger partial charge in [0.25, 0.3) is 0 Å². The summed E-state index contributed by atoms with van der Waals surface area (Å²) in [5.74, 6) is -0.578. The molecule has 1 amide bonds. The van der Waals surface area contributed by atoms with Gasteiger partial charge in [-0.1, -0.05) is 13.3 Å². The van der Waals surface area contributed by atoms with Crippen molar-refractivity contribution in [1.82, 2.24) is 5.32 Å². The van der Waals surface area contributed by atoms with Crippen LogP contribution in [0.5, 0.6) is 0 Å². The number of hydrogen-bond acceptors (Lipinski definition) is 3. The summed E-state index contributed by atoms with van der Waals surface area (Å²) in [6.45, 7) is 2.53. The summed E-state index contributed by atoms with van der Waals surface area (Å²) in [5, 5.41) is 2.67. The van der Waals surface area contributed by atoms with Crippen molar-refractivity contribution >= 4 is 11.9 Å². The molecule has 4 heteroatoms. The van der Waals surface area contributed by atoms with Gasteiger partial charge in [-0.2, -0.15) is 0 Å². The van der Waals surface area contributed by atoms with Crippen molar-refractivity contribution in [2.45, 2.75) is 26.2 Å². The van der Waals surface area contributed by atoms with Crippen LogP contribution in [0, 0.1) is 5.41 Å². The number of esters is 1. The Morgan fingerprint density at radius 2 is 2.38 bits per heavy atom. The molecule has 0 aromatic carbocycles. The molecule has 0 aromatic heterocycles. The van der Waals surface area contributed by atoms with Gasteiger partial charge >= 0.3 is 5.97 Å². The van der Waals surface area contributed by atoms with E-state index in [4.69, 9.17) is 0 Å². The second-order valence-corrected chi connectivity index (χ2v) is 3.33. The van der Waals surface area contributed by atoms with Gasteiger partial charge in [0, 0.05) is 6.54 Å². The highest BCUT2D eigenvalue weighted by molar-refractivity contribution is 6.04. The van der Waals surface area contributed by atoms with Crippen molar-refractivity contribution in [3.8, 4) is 0 Å². The number of ether oxygens (including phenoxy) is 1. The van der Waals surface area contributed by atoms with Crippen molar-refractivity contribution in [2.24, 2.45) is 5.41 Å². The van der Waals surface area contributed by atoms with Gasteiger partial charge in [-0.05, 0) is 12.8 Å². The average molecular weight is 185 g/mol. The number of methoxy groups -OCH3 is 1. The van der Waals surface area contributed by atoms with Gasteiger partial charge in [-0.15, -0.1) is 0 Å². The molecule has 1 aliphatic rings. The Morgan fingerprint density at radius 3 is 2.77 bits per heavy atom. The number of carbonyl (C=O) groups is 2. The van der Waals surface area contributed by atoms with Gasteiger partial charge in [0.05, 0.1) is 7.11 Å². The largest absolute Gasteiger partial charge is 0.468 e. The minimum atomic E-state index is -0.899. The number of amides is 1. The Balaban J connectivity index is 2.86. The predicted molar refractivity (Wildman–Crippen MR) is 47.0 cm³/mol. The van der Waals surface area contributed by atoms with Crippen molar-refractivity contribution < 1.29 is 14.3 Å². The van der Waals surface area contributed by atoms with E-state index in [0.717, 1.165) is 6.42 Å². The van der Waals surface area contributed by atoms with Gasteiger partial charge < -0.3 is 10.1 Å². The SMILES string of the molecule is CCC[C@]1(C(=O)OC)CCNC1=O. The molecule has 0 radical (unpaired) electrons. The molecule has 1 atom stereocenters. The number of carbonyl (C=O) groups excluding carboxylic acids is 2. The first-order valence-corrected chi connectivity index (χ1v) is 4.54. The fourth-order valence-electron chi connectivity index (χ4n) is 1.83. The molecule has 1 rings (SSSR count). The third-order valence-electron chi connectivity index (χ3n) is 2.52. The quantitative estimate of drug-likeness (QED) is 0.513. The summed E-state index contributed by atoms with van der Waals surface area (Å²) in [7, 11) is 1.32. The Kier molecular flexibility index (Phi) is 2.90. The first-order chi connectivity index (χ1) is 6.17. The zero-order valence-electron chi connectivity index (χ0n) is 8.05. The van der Waals surface area contributed by atoms with E-state index < -0.39 is 11.4 Å². The minimum absolute atomic E-state index is 0.179. The topological polar surface area (TPSA) is 55.4 Å². The zero-order chi connectivity index (χ0) is 9.90. The first kappa shape index (κ1) is 10.0. The number of rotatable bonds is 3. The minimum Gasteiger partial charge on any atom is -0.468 e. The Labute approximate surface area is 77.6 Å². The van der Waals surface area contributed by atoms with Crippen LogP contribution in [0.3, 0.4) is 0 Å². The van der Waals surface area contributed by atoms with Gasteiger partial charge in [-0.25, -0.2) is 0 Å². The van der Waals surface area contributed by atoms with Gasteiger partial charge in [0.1, 0.15) is 5.41 Å². The van der Waals surface area contributed by atoms with Crippen molar-refractivity contribution in [3.05, 3.63) is 0 Å². The molecule has 0 unspecified atom stereocenters. The molecular weight excluding hydrogens is 170 g/mol. The van der Waals surface area contributed by atoms with E-state index in [1.165, 1.54) is 7.11 Å². The summed E-state index contributed by atoms with van der Waals surface area (Å²) < 4.78 is 4.66. The normalized spacial score (nSPS) is 27.1. The molecule has 1 heterocycles. The summed E-state index contributed by atoms with van der Waals surface area (Å²) in [5.41, 5.74) is -0.899. The van der Waals surface area contributed by atoms with E-state index in [-0.39, 0.29) is 5.91 Å². The molecule has 0 spiro atoms. The highest BCUT2D eigenvalue weighted by Gasteiger charge is 2.49. The molecule has 4 nitrogen and oxygen atoms in total. The van der Waals surface area contributed by atoms with Crippen LogP contribution >= 0.6 is 0 Å². The summed E-state index contributed by atoms with van der Waals surface area (Å²) in [6, 6.07) is 0. The van der Waals surface area contributed by atoms with E-state index in [0.29, 0.717) is 19.4 Å².